The number of anilines is 1. The van der Waals surface area contributed by atoms with E-state index in [2.05, 4.69) is 11.4 Å². The molecule has 2 aromatic rings. The van der Waals surface area contributed by atoms with Crippen molar-refractivity contribution >= 4 is 44.0 Å². The van der Waals surface area contributed by atoms with Crippen LogP contribution in [-0.4, -0.2) is 38.0 Å². The quantitative estimate of drug-likeness (QED) is 0.683. The summed E-state index contributed by atoms with van der Waals surface area (Å²) in [5.41, 5.74) is 1.70. The maximum absolute atomic E-state index is 12.9. The Kier molecular flexibility index (Phi) is 6.21. The Hall–Kier alpha value is -1.86. The normalized spacial score (nSPS) is 17.5. The molecule has 1 amide bonds. The number of rotatable bonds is 5. The molecule has 6 nitrogen and oxygen atoms in total. The van der Waals surface area contributed by atoms with Gasteiger partial charge in [-0.05, 0) is 68.2 Å². The number of aryl methyl sites for hydroxylation is 1. The first-order chi connectivity index (χ1) is 14.4. The molecule has 0 unspecified atom stereocenters. The van der Waals surface area contributed by atoms with Gasteiger partial charge in [0.15, 0.2) is 0 Å². The van der Waals surface area contributed by atoms with Gasteiger partial charge in [0, 0.05) is 28.8 Å². The van der Waals surface area contributed by atoms with Gasteiger partial charge in [-0.15, -0.1) is 23.1 Å². The molecule has 1 saturated heterocycles. The molecule has 0 radical (unpaired) electrons. The number of carbonyl (C=O) groups excluding carboxylic acids is 1. The van der Waals surface area contributed by atoms with Crippen molar-refractivity contribution in [1.29, 1.82) is 5.26 Å². The number of thiophene rings is 1. The minimum absolute atomic E-state index is 0.118. The van der Waals surface area contributed by atoms with Gasteiger partial charge < -0.3 is 5.32 Å². The maximum atomic E-state index is 12.9. The number of thioether (sulfide) groups is 1. The first-order valence-electron chi connectivity index (χ1n) is 9.93. The van der Waals surface area contributed by atoms with E-state index >= 15 is 0 Å². The molecule has 1 aliphatic carbocycles. The van der Waals surface area contributed by atoms with Crippen LogP contribution in [0.15, 0.2) is 34.1 Å². The number of nitrogens with one attached hydrogen (secondary N) is 1. The van der Waals surface area contributed by atoms with Crippen molar-refractivity contribution in [1.82, 2.24) is 4.31 Å². The fourth-order valence-corrected chi connectivity index (χ4v) is 7.20. The Morgan fingerprint density at radius 1 is 1.23 bits per heavy atom. The van der Waals surface area contributed by atoms with Crippen LogP contribution in [0.2, 0.25) is 0 Å². The number of amides is 1. The number of hydrogen-bond donors (Lipinski definition) is 1. The number of hydrogen-bond acceptors (Lipinski definition) is 6. The highest BCUT2D eigenvalue weighted by Gasteiger charge is 2.33. The lowest BCUT2D eigenvalue weighted by Crippen LogP contribution is -2.41. The van der Waals surface area contributed by atoms with E-state index in [0.717, 1.165) is 29.7 Å². The van der Waals surface area contributed by atoms with Crippen LogP contribution < -0.4 is 5.32 Å². The third-order valence-corrected chi connectivity index (χ3v) is 9.66. The molecular formula is C21H23N3O3S3. The van der Waals surface area contributed by atoms with E-state index in [1.807, 2.05) is 18.4 Å². The van der Waals surface area contributed by atoms with Gasteiger partial charge in [-0.25, -0.2) is 8.42 Å². The Morgan fingerprint density at radius 3 is 2.57 bits per heavy atom. The Labute approximate surface area is 185 Å². The summed E-state index contributed by atoms with van der Waals surface area (Å²) in [6.45, 7) is 0.632. The first-order valence-corrected chi connectivity index (χ1v) is 13.4. The molecule has 0 saturated carbocycles. The van der Waals surface area contributed by atoms with E-state index in [9.17, 15) is 18.5 Å². The van der Waals surface area contributed by atoms with Crippen molar-refractivity contribution in [3.8, 4) is 6.07 Å². The largest absolute Gasteiger partial charge is 0.316 e. The summed E-state index contributed by atoms with van der Waals surface area (Å²) in [5.74, 6) is -0.369. The molecular weight excluding hydrogens is 438 g/mol. The Morgan fingerprint density at radius 2 is 1.93 bits per heavy atom. The van der Waals surface area contributed by atoms with Crippen molar-refractivity contribution in [3.63, 3.8) is 0 Å². The molecule has 1 aliphatic heterocycles. The lowest BCUT2D eigenvalue weighted by molar-refractivity contribution is -0.120. The third kappa shape index (κ3) is 4.02. The van der Waals surface area contributed by atoms with Crippen LogP contribution in [0, 0.1) is 17.2 Å². The van der Waals surface area contributed by atoms with Gasteiger partial charge >= 0.3 is 0 Å². The van der Waals surface area contributed by atoms with E-state index in [1.165, 1.54) is 20.5 Å². The molecule has 2 aliphatic rings. The minimum atomic E-state index is -3.55. The highest BCUT2D eigenvalue weighted by Crippen LogP contribution is 2.39. The third-order valence-electron chi connectivity index (χ3n) is 5.79. The summed E-state index contributed by atoms with van der Waals surface area (Å²) in [7, 11) is -3.55. The number of carbonyl (C=O) groups is 1. The highest BCUT2D eigenvalue weighted by atomic mass is 32.2. The average Bonchev–Trinajstić information content (AvgIpc) is 3.34. The van der Waals surface area contributed by atoms with Gasteiger partial charge in [-0.1, -0.05) is 0 Å². The maximum Gasteiger partial charge on any atom is 0.243 e. The van der Waals surface area contributed by atoms with Gasteiger partial charge in [-0.3, -0.25) is 4.79 Å². The van der Waals surface area contributed by atoms with Gasteiger partial charge in [0.25, 0.3) is 0 Å². The summed E-state index contributed by atoms with van der Waals surface area (Å²) in [5, 5.41) is 13.1. The summed E-state index contributed by atoms with van der Waals surface area (Å²) >= 11 is 3.07. The molecule has 1 N–H and O–H groups in total. The molecule has 158 valence electrons. The molecule has 1 fully saturated rings. The van der Waals surface area contributed by atoms with E-state index < -0.39 is 10.0 Å². The van der Waals surface area contributed by atoms with Crippen molar-refractivity contribution in [2.75, 3.05) is 24.7 Å². The van der Waals surface area contributed by atoms with Gasteiger partial charge in [-0.2, -0.15) is 9.57 Å². The number of sulfonamides is 1. The SMILES string of the molecule is CSc1ccc(S(=O)(=O)N2CCC(C(=O)Nc3sc4c(c3C#N)CCC4)CC2)cc1. The molecule has 0 atom stereocenters. The zero-order valence-electron chi connectivity index (χ0n) is 16.7. The molecule has 2 heterocycles. The zero-order chi connectivity index (χ0) is 21.3. The van der Waals surface area contributed by atoms with Crippen LogP contribution in [0.3, 0.4) is 0 Å². The standard InChI is InChI=1S/C21H23N3O3S3/c1-28-15-5-7-16(8-6-15)30(26,27)24-11-9-14(10-12-24)20(25)23-21-18(13-22)17-3-2-4-19(17)29-21/h5-8,14H,2-4,9-12H2,1H3,(H,23,25). The summed E-state index contributed by atoms with van der Waals surface area (Å²) in [6.07, 6.45) is 5.83. The zero-order valence-corrected chi connectivity index (χ0v) is 19.1. The predicted octanol–water partition coefficient (Wildman–Crippen LogP) is 3.87. The Bertz CT molecular complexity index is 1090. The summed E-state index contributed by atoms with van der Waals surface area (Å²) < 4.78 is 27.3. The number of benzene rings is 1. The fourth-order valence-electron chi connectivity index (χ4n) is 4.08. The molecule has 1 aromatic heterocycles. The van der Waals surface area contributed by atoms with Gasteiger partial charge in [0.1, 0.15) is 11.1 Å². The second kappa shape index (κ2) is 8.71. The number of nitriles is 1. The van der Waals surface area contributed by atoms with Crippen LogP contribution in [-0.2, 0) is 27.7 Å². The van der Waals surface area contributed by atoms with Crippen LogP contribution >= 0.6 is 23.1 Å². The van der Waals surface area contributed by atoms with E-state index in [0.29, 0.717) is 36.5 Å². The molecule has 4 rings (SSSR count). The summed E-state index contributed by atoms with van der Waals surface area (Å²) in [4.78, 5) is 15.3. The highest BCUT2D eigenvalue weighted by molar-refractivity contribution is 7.98. The van der Waals surface area contributed by atoms with E-state index in [1.54, 1.807) is 23.9 Å². The predicted molar refractivity (Wildman–Crippen MR) is 119 cm³/mol. The average molecular weight is 462 g/mol. The second-order valence-corrected chi connectivity index (χ2v) is 11.4. The monoisotopic (exact) mass is 461 g/mol. The molecule has 9 heteroatoms. The van der Waals surface area contributed by atoms with E-state index in [-0.39, 0.29) is 16.7 Å². The fraction of sp³-hybridized carbons (Fsp3) is 0.429. The van der Waals surface area contributed by atoms with E-state index in [4.69, 9.17) is 0 Å². The number of nitrogens with zero attached hydrogens (tertiary/aromatic N) is 2. The molecule has 30 heavy (non-hydrogen) atoms. The molecule has 0 spiro atoms. The molecule has 0 bridgehead atoms. The Balaban J connectivity index is 1.39. The second-order valence-electron chi connectivity index (χ2n) is 7.52. The van der Waals surface area contributed by atoms with Crippen molar-refractivity contribution in [3.05, 3.63) is 40.3 Å². The van der Waals surface area contributed by atoms with Crippen LogP contribution in [0.25, 0.3) is 0 Å². The smallest absolute Gasteiger partial charge is 0.243 e. The van der Waals surface area contributed by atoms with Gasteiger partial charge in [0.2, 0.25) is 15.9 Å². The first kappa shape index (κ1) is 21.4. The van der Waals surface area contributed by atoms with Crippen LogP contribution in [0.4, 0.5) is 5.00 Å². The van der Waals surface area contributed by atoms with Crippen LogP contribution in [0.1, 0.15) is 35.3 Å². The van der Waals surface area contributed by atoms with Crippen molar-refractivity contribution in [2.24, 2.45) is 5.92 Å². The van der Waals surface area contributed by atoms with Crippen molar-refractivity contribution < 1.29 is 13.2 Å². The lowest BCUT2D eigenvalue weighted by atomic mass is 9.97. The summed E-state index contributed by atoms with van der Waals surface area (Å²) in [6, 6.07) is 9.14. The molecule has 1 aromatic carbocycles. The van der Waals surface area contributed by atoms with Crippen LogP contribution in [0.5, 0.6) is 0 Å². The number of fused-ring (bicyclic) bond motifs is 1. The number of piperidine rings is 1. The topological polar surface area (TPSA) is 90.3 Å². The lowest BCUT2D eigenvalue weighted by Gasteiger charge is -2.30. The van der Waals surface area contributed by atoms with Crippen molar-refractivity contribution in [2.45, 2.75) is 41.9 Å². The van der Waals surface area contributed by atoms with Gasteiger partial charge in [0.05, 0.1) is 10.5 Å². The minimum Gasteiger partial charge on any atom is -0.316 e.